The highest BCUT2D eigenvalue weighted by Crippen LogP contribution is 2.51. The van der Waals surface area contributed by atoms with E-state index in [2.05, 4.69) is 0 Å². The Bertz CT molecular complexity index is 209. The first-order valence-corrected chi connectivity index (χ1v) is 3.83. The van der Waals surface area contributed by atoms with Crippen molar-refractivity contribution < 1.29 is 19.8 Å². The van der Waals surface area contributed by atoms with E-state index >= 15 is 0 Å². The van der Waals surface area contributed by atoms with Gasteiger partial charge in [-0.1, -0.05) is 13.8 Å². The van der Waals surface area contributed by atoms with E-state index in [0.717, 1.165) is 0 Å². The number of hydrogen-bond donors (Lipinski definition) is 2. The van der Waals surface area contributed by atoms with Crippen LogP contribution in [0, 0.1) is 17.3 Å². The maximum absolute atomic E-state index is 10.6. The Labute approximate surface area is 70.2 Å². The number of hydrogen-bond acceptors (Lipinski definition) is 2. The minimum absolute atomic E-state index is 0.262. The predicted molar refractivity (Wildman–Crippen MR) is 40.6 cm³/mol. The molecule has 0 aromatic heterocycles. The van der Waals surface area contributed by atoms with E-state index in [0.29, 0.717) is 0 Å². The molecular weight excluding hydrogens is 160 g/mol. The quantitative estimate of drug-likeness (QED) is 0.646. The van der Waals surface area contributed by atoms with Crippen molar-refractivity contribution in [2.24, 2.45) is 17.3 Å². The van der Waals surface area contributed by atoms with Crippen LogP contribution >= 0.6 is 0 Å². The van der Waals surface area contributed by atoms with Crippen LogP contribution in [0.5, 0.6) is 0 Å². The van der Waals surface area contributed by atoms with Crippen molar-refractivity contribution in [2.75, 3.05) is 0 Å². The predicted octanol–water partition coefficient (Wildman–Crippen LogP) is 0.818. The molecule has 2 atom stereocenters. The molecule has 0 aromatic carbocycles. The summed E-state index contributed by atoms with van der Waals surface area (Å²) in [4.78, 5) is 21.1. The van der Waals surface area contributed by atoms with Crippen molar-refractivity contribution in [3.05, 3.63) is 0 Å². The van der Waals surface area contributed by atoms with Gasteiger partial charge in [0, 0.05) is 0 Å². The van der Waals surface area contributed by atoms with Crippen molar-refractivity contribution >= 4 is 11.9 Å². The SMILES string of the molecule is CC1(C)C(C(=O)O)C[C@@H]1C(=O)O. The average Bonchev–Trinajstić information content (AvgIpc) is 1.83. The Morgan fingerprint density at radius 3 is 1.67 bits per heavy atom. The third-order valence-corrected chi connectivity index (χ3v) is 2.86. The molecule has 0 spiro atoms. The molecule has 1 unspecified atom stereocenters. The Kier molecular flexibility index (Phi) is 1.86. The van der Waals surface area contributed by atoms with Crippen molar-refractivity contribution in [1.82, 2.24) is 0 Å². The Morgan fingerprint density at radius 2 is 1.50 bits per heavy atom. The second kappa shape index (κ2) is 2.47. The largest absolute Gasteiger partial charge is 0.481 e. The van der Waals surface area contributed by atoms with Gasteiger partial charge in [-0.2, -0.15) is 0 Å². The van der Waals surface area contributed by atoms with E-state index in [4.69, 9.17) is 10.2 Å². The minimum atomic E-state index is -0.891. The van der Waals surface area contributed by atoms with E-state index in [-0.39, 0.29) is 6.42 Å². The van der Waals surface area contributed by atoms with Crippen molar-refractivity contribution in [3.8, 4) is 0 Å². The summed E-state index contributed by atoms with van der Waals surface area (Å²) < 4.78 is 0. The summed E-state index contributed by atoms with van der Waals surface area (Å²) in [7, 11) is 0. The highest BCUT2D eigenvalue weighted by atomic mass is 16.4. The standard InChI is InChI=1S/C8H12O4/c1-8(2)4(6(9)10)3-5(8)7(11)12/h4-5H,3H2,1-2H3,(H,9,10)(H,11,12)/t4-,5?/m1/s1. The third-order valence-electron chi connectivity index (χ3n) is 2.86. The normalized spacial score (nSPS) is 32.2. The van der Waals surface area contributed by atoms with Crippen LogP contribution < -0.4 is 0 Å². The molecule has 68 valence electrons. The van der Waals surface area contributed by atoms with Crippen molar-refractivity contribution in [1.29, 1.82) is 0 Å². The first-order chi connectivity index (χ1) is 5.37. The summed E-state index contributed by atoms with van der Waals surface area (Å²) in [6.45, 7) is 3.38. The maximum atomic E-state index is 10.6. The highest BCUT2D eigenvalue weighted by Gasteiger charge is 2.55. The summed E-state index contributed by atoms with van der Waals surface area (Å²) in [6, 6.07) is 0. The number of carboxylic acid groups (broad SMARTS) is 2. The zero-order valence-electron chi connectivity index (χ0n) is 7.07. The second-order valence-electron chi connectivity index (χ2n) is 3.84. The zero-order valence-corrected chi connectivity index (χ0v) is 7.07. The second-order valence-corrected chi connectivity index (χ2v) is 3.84. The summed E-state index contributed by atoms with van der Waals surface area (Å²) in [5.74, 6) is -2.78. The van der Waals surface area contributed by atoms with Crippen molar-refractivity contribution in [2.45, 2.75) is 20.3 Å². The smallest absolute Gasteiger partial charge is 0.307 e. The van der Waals surface area contributed by atoms with Crippen LogP contribution in [0.4, 0.5) is 0 Å². The summed E-state index contributed by atoms with van der Waals surface area (Å²) in [5, 5.41) is 17.4. The van der Waals surface area contributed by atoms with Gasteiger partial charge in [-0.15, -0.1) is 0 Å². The molecule has 1 aliphatic rings. The van der Waals surface area contributed by atoms with Gasteiger partial charge in [-0.25, -0.2) is 0 Å². The molecule has 0 radical (unpaired) electrons. The maximum Gasteiger partial charge on any atom is 0.307 e. The van der Waals surface area contributed by atoms with Gasteiger partial charge in [-0.3, -0.25) is 9.59 Å². The van der Waals surface area contributed by atoms with Gasteiger partial charge in [0.15, 0.2) is 0 Å². The summed E-state index contributed by atoms with van der Waals surface area (Å²) in [5.41, 5.74) is -0.600. The Balaban J connectivity index is 2.72. The zero-order chi connectivity index (χ0) is 9.52. The van der Waals surface area contributed by atoms with E-state index in [1.54, 1.807) is 13.8 Å². The number of aliphatic carboxylic acids is 2. The molecule has 0 heterocycles. The molecule has 4 nitrogen and oxygen atoms in total. The summed E-state index contributed by atoms with van der Waals surface area (Å²) in [6.07, 6.45) is 0.262. The molecule has 0 aromatic rings. The van der Waals surface area contributed by atoms with Gasteiger partial charge in [0.25, 0.3) is 0 Å². The molecular formula is C8H12O4. The lowest BCUT2D eigenvalue weighted by Crippen LogP contribution is -2.52. The Morgan fingerprint density at radius 1 is 1.17 bits per heavy atom. The number of carboxylic acids is 2. The van der Waals surface area contributed by atoms with E-state index in [9.17, 15) is 9.59 Å². The van der Waals surface area contributed by atoms with Crippen LogP contribution in [-0.4, -0.2) is 22.2 Å². The first-order valence-electron chi connectivity index (χ1n) is 3.83. The van der Waals surface area contributed by atoms with E-state index in [1.807, 2.05) is 0 Å². The molecule has 2 N–H and O–H groups in total. The lowest BCUT2D eigenvalue weighted by atomic mass is 9.55. The van der Waals surface area contributed by atoms with Gasteiger partial charge >= 0.3 is 11.9 Å². The molecule has 1 fully saturated rings. The molecule has 0 aliphatic heterocycles. The molecule has 4 heteroatoms. The fourth-order valence-electron chi connectivity index (χ4n) is 1.76. The van der Waals surface area contributed by atoms with Crippen molar-refractivity contribution in [3.63, 3.8) is 0 Å². The molecule has 0 amide bonds. The lowest BCUT2D eigenvalue weighted by Gasteiger charge is -2.47. The highest BCUT2D eigenvalue weighted by molar-refractivity contribution is 5.79. The lowest BCUT2D eigenvalue weighted by molar-refractivity contribution is -0.171. The van der Waals surface area contributed by atoms with Gasteiger partial charge < -0.3 is 10.2 Å². The van der Waals surface area contributed by atoms with E-state index in [1.165, 1.54) is 0 Å². The van der Waals surface area contributed by atoms with Crippen LogP contribution in [0.25, 0.3) is 0 Å². The molecule has 1 rings (SSSR count). The fourth-order valence-corrected chi connectivity index (χ4v) is 1.76. The first kappa shape index (κ1) is 9.03. The molecule has 0 saturated heterocycles. The van der Waals surface area contributed by atoms with Crippen LogP contribution in [0.3, 0.4) is 0 Å². The molecule has 12 heavy (non-hydrogen) atoms. The van der Waals surface area contributed by atoms with Gasteiger partial charge in [-0.05, 0) is 11.8 Å². The Hall–Kier alpha value is -1.06. The fraction of sp³-hybridized carbons (Fsp3) is 0.750. The van der Waals surface area contributed by atoms with E-state index < -0.39 is 29.2 Å². The molecule has 1 saturated carbocycles. The summed E-state index contributed by atoms with van der Waals surface area (Å²) >= 11 is 0. The molecule has 1 aliphatic carbocycles. The van der Waals surface area contributed by atoms with Crippen LogP contribution in [-0.2, 0) is 9.59 Å². The number of rotatable bonds is 2. The van der Waals surface area contributed by atoms with Crippen LogP contribution in [0.1, 0.15) is 20.3 Å². The topological polar surface area (TPSA) is 74.6 Å². The third kappa shape index (κ3) is 1.07. The minimum Gasteiger partial charge on any atom is -0.481 e. The number of carbonyl (C=O) groups is 2. The van der Waals surface area contributed by atoms with Gasteiger partial charge in [0.2, 0.25) is 0 Å². The van der Waals surface area contributed by atoms with Crippen LogP contribution in [0.2, 0.25) is 0 Å². The average molecular weight is 172 g/mol. The van der Waals surface area contributed by atoms with Gasteiger partial charge in [0.1, 0.15) is 0 Å². The van der Waals surface area contributed by atoms with Crippen LogP contribution in [0.15, 0.2) is 0 Å². The van der Waals surface area contributed by atoms with Gasteiger partial charge in [0.05, 0.1) is 11.8 Å². The monoisotopic (exact) mass is 172 g/mol. The molecule has 0 bridgehead atoms.